The Balaban J connectivity index is 2.09. The molecule has 132 valence electrons. The van der Waals surface area contributed by atoms with Crippen LogP contribution in [0.25, 0.3) is 0 Å². The number of hydrogen-bond acceptors (Lipinski definition) is 5. The minimum atomic E-state index is -1.48. The van der Waals surface area contributed by atoms with Crippen LogP contribution in [0.15, 0.2) is 0 Å². The van der Waals surface area contributed by atoms with E-state index < -0.39 is 29.5 Å². The first-order valence-corrected chi connectivity index (χ1v) is 9.01. The maximum atomic E-state index is 11.7. The maximum absolute atomic E-state index is 11.7. The lowest BCUT2D eigenvalue weighted by Crippen LogP contribution is -2.44. The van der Waals surface area contributed by atoms with Gasteiger partial charge in [-0.15, -0.1) is 0 Å². The van der Waals surface area contributed by atoms with Gasteiger partial charge in [-0.2, -0.15) is 0 Å². The second kappa shape index (κ2) is 10.7. The van der Waals surface area contributed by atoms with E-state index in [4.69, 9.17) is 0 Å². The number of likely N-dealkylation sites (N-methyl/N-ethyl adjacent to an activating group) is 1. The van der Waals surface area contributed by atoms with Gasteiger partial charge < -0.3 is 5.11 Å². The van der Waals surface area contributed by atoms with Gasteiger partial charge in [-0.1, -0.05) is 64.7 Å². The number of unbranched alkanes of at least 4 members (excludes halogenated alkanes) is 9. The zero-order chi connectivity index (χ0) is 17.2. The molecule has 2 unspecified atom stereocenters. The summed E-state index contributed by atoms with van der Waals surface area (Å²) < 4.78 is 0. The molecule has 23 heavy (non-hydrogen) atoms. The topological polar surface area (TPSA) is 74.7 Å². The van der Waals surface area contributed by atoms with Crippen molar-refractivity contribution < 1.29 is 19.5 Å². The normalized spacial score (nSPS) is 21.7. The van der Waals surface area contributed by atoms with E-state index >= 15 is 0 Å². The monoisotopic (exact) mass is 325 g/mol. The van der Waals surface area contributed by atoms with Gasteiger partial charge in [0.25, 0.3) is 5.78 Å². The number of aliphatic hydroxyl groups is 1. The van der Waals surface area contributed by atoms with E-state index in [-0.39, 0.29) is 0 Å². The standard InChI is InChI=1S/C18H31NO4/c1-3-4-5-6-7-8-9-10-11-12-13-19(2)14-15(20)17(22)18(23)16(14)21/h14-15,20H,3-13H2,1-2H3. The predicted octanol–water partition coefficient (Wildman–Crippen LogP) is 2.29. The van der Waals surface area contributed by atoms with E-state index in [1.54, 1.807) is 11.9 Å². The summed E-state index contributed by atoms with van der Waals surface area (Å²) in [7, 11) is 1.69. The van der Waals surface area contributed by atoms with E-state index in [0.29, 0.717) is 6.54 Å². The molecule has 1 N–H and O–H groups in total. The molecule has 0 radical (unpaired) electrons. The minimum Gasteiger partial charge on any atom is -0.383 e. The zero-order valence-corrected chi connectivity index (χ0v) is 14.6. The van der Waals surface area contributed by atoms with Crippen LogP contribution in [0.5, 0.6) is 0 Å². The Kier molecular flexibility index (Phi) is 9.26. The lowest BCUT2D eigenvalue weighted by molar-refractivity contribution is -0.141. The van der Waals surface area contributed by atoms with Gasteiger partial charge in [-0.3, -0.25) is 19.3 Å². The average Bonchev–Trinajstić information content (AvgIpc) is 2.72. The smallest absolute Gasteiger partial charge is 0.268 e. The molecule has 0 aromatic heterocycles. The molecule has 0 saturated heterocycles. The fraction of sp³-hybridized carbons (Fsp3) is 0.833. The fourth-order valence-corrected chi connectivity index (χ4v) is 3.11. The number of aliphatic hydroxyl groups excluding tert-OH is 1. The second-order valence-corrected chi connectivity index (χ2v) is 6.61. The van der Waals surface area contributed by atoms with Gasteiger partial charge in [0, 0.05) is 0 Å². The van der Waals surface area contributed by atoms with Crippen molar-refractivity contribution in [2.75, 3.05) is 13.6 Å². The summed E-state index contributed by atoms with van der Waals surface area (Å²) >= 11 is 0. The van der Waals surface area contributed by atoms with E-state index in [1.165, 1.54) is 51.4 Å². The molecule has 2 atom stereocenters. The number of ketones is 3. The second-order valence-electron chi connectivity index (χ2n) is 6.61. The zero-order valence-electron chi connectivity index (χ0n) is 14.6. The minimum absolute atomic E-state index is 0.616. The van der Waals surface area contributed by atoms with E-state index in [2.05, 4.69) is 6.92 Å². The van der Waals surface area contributed by atoms with E-state index in [0.717, 1.165) is 12.8 Å². The number of carbonyl (C=O) groups excluding carboxylic acids is 3. The van der Waals surface area contributed by atoms with Gasteiger partial charge in [-0.25, -0.2) is 0 Å². The molecule has 0 aromatic rings. The van der Waals surface area contributed by atoms with Crippen LogP contribution in [0.1, 0.15) is 71.1 Å². The molecule has 5 nitrogen and oxygen atoms in total. The maximum Gasteiger partial charge on any atom is 0.268 e. The van der Waals surface area contributed by atoms with Crippen LogP contribution in [0, 0.1) is 0 Å². The number of carbonyl (C=O) groups is 3. The molecular weight excluding hydrogens is 294 g/mol. The molecule has 1 saturated carbocycles. The summed E-state index contributed by atoms with van der Waals surface area (Å²) in [6.45, 7) is 2.84. The number of nitrogens with zero attached hydrogens (tertiary/aromatic N) is 1. The largest absolute Gasteiger partial charge is 0.383 e. The van der Waals surface area contributed by atoms with Crippen LogP contribution in [0.2, 0.25) is 0 Å². The number of hydrogen-bond donors (Lipinski definition) is 1. The molecule has 1 aliphatic rings. The fourth-order valence-electron chi connectivity index (χ4n) is 3.11. The first-order valence-electron chi connectivity index (χ1n) is 9.01. The van der Waals surface area contributed by atoms with Crippen LogP contribution >= 0.6 is 0 Å². The van der Waals surface area contributed by atoms with E-state index in [9.17, 15) is 19.5 Å². The summed E-state index contributed by atoms with van der Waals surface area (Å²) in [5.74, 6) is -2.79. The molecule has 1 aliphatic carbocycles. The Labute approximate surface area is 139 Å². The van der Waals surface area contributed by atoms with Crippen molar-refractivity contribution in [3.05, 3.63) is 0 Å². The first kappa shape index (κ1) is 20.0. The van der Waals surface area contributed by atoms with Crippen molar-refractivity contribution in [3.63, 3.8) is 0 Å². The van der Waals surface area contributed by atoms with Crippen LogP contribution in [0.4, 0.5) is 0 Å². The Bertz CT molecular complexity index is 408. The van der Waals surface area contributed by atoms with Crippen molar-refractivity contribution in [1.29, 1.82) is 0 Å². The quantitative estimate of drug-likeness (QED) is 0.440. The van der Waals surface area contributed by atoms with Gasteiger partial charge in [-0.05, 0) is 20.0 Å². The predicted molar refractivity (Wildman–Crippen MR) is 89.3 cm³/mol. The molecule has 5 heteroatoms. The van der Waals surface area contributed by atoms with Crippen LogP contribution < -0.4 is 0 Å². The van der Waals surface area contributed by atoms with Gasteiger partial charge in [0.2, 0.25) is 11.6 Å². The van der Waals surface area contributed by atoms with Gasteiger partial charge in [0.1, 0.15) is 12.1 Å². The summed E-state index contributed by atoms with van der Waals surface area (Å²) in [6, 6.07) is -0.978. The summed E-state index contributed by atoms with van der Waals surface area (Å²) in [5.41, 5.74) is 0. The van der Waals surface area contributed by atoms with Gasteiger partial charge in [0.15, 0.2) is 0 Å². The Morgan fingerprint density at radius 3 is 1.74 bits per heavy atom. The molecule has 1 fully saturated rings. The summed E-state index contributed by atoms with van der Waals surface area (Å²) in [6.07, 6.45) is 10.8. The van der Waals surface area contributed by atoms with Crippen molar-refractivity contribution in [1.82, 2.24) is 4.90 Å². The summed E-state index contributed by atoms with van der Waals surface area (Å²) in [4.78, 5) is 35.9. The molecule has 0 aromatic carbocycles. The number of rotatable bonds is 12. The Morgan fingerprint density at radius 1 is 0.826 bits per heavy atom. The summed E-state index contributed by atoms with van der Waals surface area (Å²) in [5, 5.41) is 9.70. The molecule has 0 amide bonds. The van der Waals surface area contributed by atoms with Crippen molar-refractivity contribution in [3.8, 4) is 0 Å². The average molecular weight is 325 g/mol. The van der Waals surface area contributed by atoms with Crippen molar-refractivity contribution >= 4 is 17.3 Å². The molecule has 1 rings (SSSR count). The van der Waals surface area contributed by atoms with Crippen LogP contribution in [-0.4, -0.2) is 53.1 Å². The van der Waals surface area contributed by atoms with Crippen LogP contribution in [0.3, 0.4) is 0 Å². The molecular formula is C18H31NO4. The lowest BCUT2D eigenvalue weighted by Gasteiger charge is -2.23. The molecule has 0 heterocycles. The third kappa shape index (κ3) is 6.15. The van der Waals surface area contributed by atoms with Gasteiger partial charge in [0.05, 0.1) is 0 Å². The molecule has 0 aliphatic heterocycles. The van der Waals surface area contributed by atoms with E-state index in [1.807, 2.05) is 0 Å². The van der Waals surface area contributed by atoms with Crippen molar-refractivity contribution in [2.24, 2.45) is 0 Å². The first-order chi connectivity index (χ1) is 11.0. The third-order valence-electron chi connectivity index (χ3n) is 4.62. The number of Topliss-reactive ketones (excluding diaryl/α,β-unsaturated/α-hetero) is 3. The van der Waals surface area contributed by atoms with Gasteiger partial charge >= 0.3 is 0 Å². The SMILES string of the molecule is CCCCCCCCCCCCN(C)C1C(=O)C(=O)C(=O)C1O. The Hall–Kier alpha value is -1.07. The third-order valence-corrected chi connectivity index (χ3v) is 4.62. The highest BCUT2D eigenvalue weighted by Crippen LogP contribution is 2.16. The molecule has 0 bridgehead atoms. The highest BCUT2D eigenvalue weighted by Gasteiger charge is 2.49. The Morgan fingerprint density at radius 2 is 1.30 bits per heavy atom. The highest BCUT2D eigenvalue weighted by atomic mass is 16.3. The molecule has 0 spiro atoms. The van der Waals surface area contributed by atoms with Crippen molar-refractivity contribution in [2.45, 2.75) is 83.3 Å². The van der Waals surface area contributed by atoms with Crippen LogP contribution in [-0.2, 0) is 14.4 Å². The highest BCUT2D eigenvalue weighted by molar-refractivity contribution is 6.69. The lowest BCUT2D eigenvalue weighted by atomic mass is 10.1.